The quantitative estimate of drug-likeness (QED) is 0.675. The van der Waals surface area contributed by atoms with Crippen molar-refractivity contribution in [3.8, 4) is 0 Å². The number of hydrogen-bond donors (Lipinski definition) is 1. The molecule has 2 aromatic carbocycles. The van der Waals surface area contributed by atoms with E-state index in [0.717, 1.165) is 52.1 Å². The first-order chi connectivity index (χ1) is 13.4. The molecule has 0 radical (unpaired) electrons. The van der Waals surface area contributed by atoms with Crippen LogP contribution >= 0.6 is 11.6 Å². The van der Waals surface area contributed by atoms with Crippen LogP contribution < -0.4 is 4.72 Å². The fraction of sp³-hybridized carbons (Fsp3) is 0.136. The molecule has 0 atom stereocenters. The normalized spacial score (nSPS) is 14.9. The zero-order chi connectivity index (χ0) is 19.7. The first kappa shape index (κ1) is 18.7. The minimum atomic E-state index is -3.33. The SMILES string of the molecule is CS(=O)(=O)Nc1cccc(C=C2c3ccc(Cl)cc3CCc3ncccc32)c1. The minimum Gasteiger partial charge on any atom is -0.284 e. The molecule has 1 N–H and O–H groups in total. The Bertz CT molecular complexity index is 1190. The van der Waals surface area contributed by atoms with E-state index in [0.29, 0.717) is 5.69 Å². The van der Waals surface area contributed by atoms with Gasteiger partial charge in [0.25, 0.3) is 0 Å². The molecule has 0 saturated carbocycles. The summed E-state index contributed by atoms with van der Waals surface area (Å²) in [6.45, 7) is 0. The number of nitrogens with one attached hydrogen (secondary N) is 1. The number of halogens is 1. The van der Waals surface area contributed by atoms with Crippen LogP contribution in [0, 0.1) is 0 Å². The summed E-state index contributed by atoms with van der Waals surface area (Å²) in [6, 6.07) is 17.3. The summed E-state index contributed by atoms with van der Waals surface area (Å²) < 4.78 is 25.6. The smallest absolute Gasteiger partial charge is 0.229 e. The van der Waals surface area contributed by atoms with Crippen molar-refractivity contribution < 1.29 is 8.42 Å². The van der Waals surface area contributed by atoms with Gasteiger partial charge in [0.05, 0.1) is 6.26 Å². The number of aromatic nitrogens is 1. The molecule has 4 nitrogen and oxygen atoms in total. The van der Waals surface area contributed by atoms with Gasteiger partial charge in [-0.2, -0.15) is 0 Å². The Morgan fingerprint density at radius 3 is 2.71 bits per heavy atom. The summed E-state index contributed by atoms with van der Waals surface area (Å²) in [5, 5.41) is 0.719. The van der Waals surface area contributed by atoms with Gasteiger partial charge >= 0.3 is 0 Å². The molecule has 0 unspecified atom stereocenters. The summed E-state index contributed by atoms with van der Waals surface area (Å²) in [6.07, 6.45) is 6.75. The van der Waals surface area contributed by atoms with Crippen LogP contribution in [0.2, 0.25) is 5.02 Å². The maximum absolute atomic E-state index is 11.6. The molecule has 6 heteroatoms. The van der Waals surface area contributed by atoms with E-state index in [1.54, 1.807) is 6.07 Å². The second-order valence-corrected chi connectivity index (χ2v) is 9.04. The van der Waals surface area contributed by atoms with Gasteiger partial charge in [0.15, 0.2) is 0 Å². The minimum absolute atomic E-state index is 0.535. The number of rotatable bonds is 3. The van der Waals surface area contributed by atoms with Gasteiger partial charge in [-0.15, -0.1) is 0 Å². The van der Waals surface area contributed by atoms with Gasteiger partial charge in [0.2, 0.25) is 10.0 Å². The molecule has 0 saturated heterocycles. The number of anilines is 1. The van der Waals surface area contributed by atoms with E-state index in [4.69, 9.17) is 11.6 Å². The molecular weight excluding hydrogens is 392 g/mol. The van der Waals surface area contributed by atoms with E-state index < -0.39 is 10.0 Å². The van der Waals surface area contributed by atoms with E-state index in [1.165, 1.54) is 5.56 Å². The number of hydrogen-bond acceptors (Lipinski definition) is 3. The molecule has 0 amide bonds. The Labute approximate surface area is 170 Å². The van der Waals surface area contributed by atoms with Crippen LogP contribution in [0.3, 0.4) is 0 Å². The van der Waals surface area contributed by atoms with Crippen LogP contribution in [0.5, 0.6) is 0 Å². The highest BCUT2D eigenvalue weighted by Gasteiger charge is 2.19. The lowest BCUT2D eigenvalue weighted by molar-refractivity contribution is 0.607. The van der Waals surface area contributed by atoms with E-state index in [-0.39, 0.29) is 0 Å². The Kier molecular flexibility index (Phi) is 4.96. The van der Waals surface area contributed by atoms with Crippen molar-refractivity contribution in [3.63, 3.8) is 0 Å². The Morgan fingerprint density at radius 1 is 1.04 bits per heavy atom. The van der Waals surface area contributed by atoms with Crippen LogP contribution in [-0.2, 0) is 22.9 Å². The summed E-state index contributed by atoms with van der Waals surface area (Å²) in [7, 11) is -3.33. The first-order valence-corrected chi connectivity index (χ1v) is 11.2. The lowest BCUT2D eigenvalue weighted by Gasteiger charge is -2.12. The van der Waals surface area contributed by atoms with Crippen LogP contribution in [0.15, 0.2) is 60.8 Å². The molecule has 0 aliphatic heterocycles. The van der Waals surface area contributed by atoms with Crippen molar-refractivity contribution >= 4 is 39.0 Å². The Hall–Kier alpha value is -2.63. The van der Waals surface area contributed by atoms with Gasteiger partial charge in [0, 0.05) is 28.2 Å². The first-order valence-electron chi connectivity index (χ1n) is 8.92. The van der Waals surface area contributed by atoms with E-state index in [2.05, 4.69) is 21.8 Å². The van der Waals surface area contributed by atoms with Crippen LogP contribution in [0.25, 0.3) is 11.6 Å². The number of benzene rings is 2. The lowest BCUT2D eigenvalue weighted by Crippen LogP contribution is -2.09. The third-order valence-electron chi connectivity index (χ3n) is 4.67. The predicted octanol–water partition coefficient (Wildman–Crippen LogP) is 4.79. The molecule has 3 aromatic rings. The van der Waals surface area contributed by atoms with Crippen LogP contribution in [0.1, 0.15) is 27.9 Å². The monoisotopic (exact) mass is 410 g/mol. The molecule has 0 fully saturated rings. The molecular formula is C22H19ClN2O2S. The maximum atomic E-state index is 11.6. The van der Waals surface area contributed by atoms with Crippen LogP contribution in [-0.4, -0.2) is 19.7 Å². The Morgan fingerprint density at radius 2 is 1.89 bits per heavy atom. The summed E-state index contributed by atoms with van der Waals surface area (Å²) in [4.78, 5) is 4.58. The maximum Gasteiger partial charge on any atom is 0.229 e. The third-order valence-corrected chi connectivity index (χ3v) is 5.51. The Balaban J connectivity index is 1.88. The summed E-state index contributed by atoms with van der Waals surface area (Å²) in [5.74, 6) is 0. The lowest BCUT2D eigenvalue weighted by atomic mass is 9.93. The van der Waals surface area contributed by atoms with Crippen molar-refractivity contribution in [2.45, 2.75) is 12.8 Å². The van der Waals surface area contributed by atoms with Crippen molar-refractivity contribution in [1.29, 1.82) is 0 Å². The molecule has 1 aliphatic carbocycles. The standard InChI is InChI=1S/C22H19ClN2O2S/c1-28(26,27)25-18-5-2-4-15(12-18)13-21-19-9-8-17(23)14-16(19)7-10-22-20(21)6-3-11-24-22/h2-6,8-9,11-14,25H,7,10H2,1H3. The van der Waals surface area contributed by atoms with Crippen LogP contribution in [0.4, 0.5) is 5.69 Å². The number of sulfonamides is 1. The van der Waals surface area contributed by atoms with Crippen molar-refractivity contribution in [3.05, 3.63) is 93.8 Å². The van der Waals surface area contributed by atoms with E-state index in [9.17, 15) is 8.42 Å². The fourth-order valence-corrected chi connectivity index (χ4v) is 4.29. The number of nitrogens with zero attached hydrogens (tertiary/aromatic N) is 1. The van der Waals surface area contributed by atoms with Crippen molar-refractivity contribution in [1.82, 2.24) is 4.98 Å². The average Bonchev–Trinajstić information content (AvgIpc) is 2.78. The molecule has 28 heavy (non-hydrogen) atoms. The fourth-order valence-electron chi connectivity index (χ4n) is 3.54. The van der Waals surface area contributed by atoms with Crippen molar-refractivity contribution in [2.24, 2.45) is 0 Å². The molecule has 0 bridgehead atoms. The van der Waals surface area contributed by atoms with Gasteiger partial charge in [-0.1, -0.05) is 35.9 Å². The molecule has 1 aromatic heterocycles. The third kappa shape index (κ3) is 4.11. The molecule has 4 rings (SSSR count). The number of pyridine rings is 1. The van der Waals surface area contributed by atoms with Gasteiger partial charge in [-0.05, 0) is 71.5 Å². The summed E-state index contributed by atoms with van der Waals surface area (Å²) in [5.41, 5.74) is 6.94. The molecule has 142 valence electrons. The second kappa shape index (κ2) is 7.41. The number of aryl methyl sites for hydroxylation is 2. The predicted molar refractivity (Wildman–Crippen MR) is 115 cm³/mol. The van der Waals surface area contributed by atoms with Gasteiger partial charge in [0.1, 0.15) is 0 Å². The second-order valence-electron chi connectivity index (χ2n) is 6.86. The molecule has 1 aliphatic rings. The zero-order valence-electron chi connectivity index (χ0n) is 15.3. The van der Waals surface area contributed by atoms with Gasteiger partial charge in [-0.25, -0.2) is 8.42 Å². The van der Waals surface area contributed by atoms with Crippen molar-refractivity contribution in [2.75, 3.05) is 11.0 Å². The topological polar surface area (TPSA) is 59.1 Å². The molecule has 1 heterocycles. The summed E-state index contributed by atoms with van der Waals surface area (Å²) >= 11 is 6.23. The van der Waals surface area contributed by atoms with E-state index in [1.807, 2.05) is 48.7 Å². The highest BCUT2D eigenvalue weighted by molar-refractivity contribution is 7.92. The zero-order valence-corrected chi connectivity index (χ0v) is 16.9. The van der Waals surface area contributed by atoms with E-state index >= 15 is 0 Å². The highest BCUT2D eigenvalue weighted by atomic mass is 35.5. The average molecular weight is 411 g/mol. The number of fused-ring (bicyclic) bond motifs is 2. The van der Waals surface area contributed by atoms with Gasteiger partial charge < -0.3 is 0 Å². The largest absolute Gasteiger partial charge is 0.284 e. The van der Waals surface area contributed by atoms with Gasteiger partial charge in [-0.3, -0.25) is 9.71 Å². The highest BCUT2D eigenvalue weighted by Crippen LogP contribution is 2.35. The molecule has 0 spiro atoms.